The van der Waals surface area contributed by atoms with Gasteiger partial charge in [0.1, 0.15) is 0 Å². The molecule has 0 spiro atoms. The highest BCUT2D eigenvalue weighted by Gasteiger charge is 2.15. The van der Waals surface area contributed by atoms with Crippen molar-refractivity contribution in [2.75, 3.05) is 7.05 Å². The number of nitrogens with zero attached hydrogens (tertiary/aromatic N) is 4. The van der Waals surface area contributed by atoms with E-state index >= 15 is 0 Å². The van der Waals surface area contributed by atoms with E-state index in [4.69, 9.17) is 0 Å². The quantitative estimate of drug-likeness (QED) is 0.839. The van der Waals surface area contributed by atoms with Crippen molar-refractivity contribution in [3.05, 3.63) is 42.0 Å². The van der Waals surface area contributed by atoms with Crippen LogP contribution >= 0.6 is 0 Å². The molecule has 5 heteroatoms. The van der Waals surface area contributed by atoms with Crippen molar-refractivity contribution in [2.24, 2.45) is 0 Å². The monoisotopic (exact) mass is 245 g/mol. The van der Waals surface area contributed by atoms with Crippen molar-refractivity contribution < 1.29 is 0 Å². The molecule has 0 fully saturated rings. The Morgan fingerprint density at radius 3 is 2.94 bits per heavy atom. The van der Waals surface area contributed by atoms with Crippen LogP contribution in [0.2, 0.25) is 0 Å². The largest absolute Gasteiger partial charge is 0.311 e. The molecule has 1 atom stereocenters. The lowest BCUT2D eigenvalue weighted by atomic mass is 10.1. The van der Waals surface area contributed by atoms with Crippen LogP contribution in [0.4, 0.5) is 0 Å². The van der Waals surface area contributed by atoms with Crippen LogP contribution in [0.25, 0.3) is 0 Å². The van der Waals surface area contributed by atoms with Gasteiger partial charge < -0.3 is 5.32 Å². The van der Waals surface area contributed by atoms with Crippen LogP contribution in [0.3, 0.4) is 0 Å². The van der Waals surface area contributed by atoms with Crippen molar-refractivity contribution in [3.63, 3.8) is 0 Å². The maximum Gasteiger partial charge on any atom is 0.0759 e. The molecule has 5 nitrogen and oxygen atoms in total. The van der Waals surface area contributed by atoms with Crippen LogP contribution in [0.5, 0.6) is 0 Å². The first kappa shape index (κ1) is 12.7. The third kappa shape index (κ3) is 2.92. The van der Waals surface area contributed by atoms with Crippen LogP contribution < -0.4 is 5.32 Å². The van der Waals surface area contributed by atoms with Crippen LogP contribution in [-0.2, 0) is 13.0 Å². The van der Waals surface area contributed by atoms with Crippen molar-refractivity contribution in [1.82, 2.24) is 25.3 Å². The molecule has 0 aliphatic carbocycles. The predicted octanol–water partition coefficient (Wildman–Crippen LogP) is 1.59. The molecule has 0 amide bonds. The zero-order chi connectivity index (χ0) is 12.8. The van der Waals surface area contributed by atoms with Gasteiger partial charge in [0.05, 0.1) is 17.9 Å². The maximum atomic E-state index is 4.15. The molecule has 18 heavy (non-hydrogen) atoms. The second-order valence-electron chi connectivity index (χ2n) is 4.29. The fraction of sp³-hybridized carbons (Fsp3) is 0.462. The highest BCUT2D eigenvalue weighted by Crippen LogP contribution is 2.16. The van der Waals surface area contributed by atoms with Crippen LogP contribution in [-0.4, -0.2) is 27.0 Å². The number of aromatic nitrogens is 4. The first-order valence-corrected chi connectivity index (χ1v) is 6.29. The zero-order valence-corrected chi connectivity index (χ0v) is 10.9. The Labute approximate surface area is 107 Å². The summed E-state index contributed by atoms with van der Waals surface area (Å²) in [7, 11) is 1.96. The van der Waals surface area contributed by atoms with E-state index in [2.05, 4.69) is 33.6 Å². The fourth-order valence-electron chi connectivity index (χ4n) is 2.03. The van der Waals surface area contributed by atoms with Crippen LogP contribution in [0, 0.1) is 0 Å². The third-order valence-corrected chi connectivity index (χ3v) is 2.95. The molecule has 1 unspecified atom stereocenters. The van der Waals surface area contributed by atoms with Crippen molar-refractivity contribution in [1.29, 1.82) is 0 Å². The Morgan fingerprint density at radius 2 is 2.28 bits per heavy atom. The molecule has 2 rings (SSSR count). The molecule has 1 N–H and O–H groups in total. The van der Waals surface area contributed by atoms with Gasteiger partial charge in [-0.25, -0.2) is 4.68 Å². The number of nitrogens with one attached hydrogen (secondary N) is 1. The standard InChI is InChI=1S/C13H19N5/c1-3-7-18-13(10-16-17-18)12(14-2)8-11-5-4-6-15-9-11/h4-6,9-10,12,14H,3,7-8H2,1-2H3. The maximum absolute atomic E-state index is 4.15. The lowest BCUT2D eigenvalue weighted by Crippen LogP contribution is -2.22. The fourth-order valence-corrected chi connectivity index (χ4v) is 2.03. The topological polar surface area (TPSA) is 55.6 Å². The number of pyridine rings is 1. The number of likely N-dealkylation sites (N-methyl/N-ethyl adjacent to an activating group) is 1. The summed E-state index contributed by atoms with van der Waals surface area (Å²) < 4.78 is 1.97. The van der Waals surface area contributed by atoms with E-state index in [9.17, 15) is 0 Å². The van der Waals surface area contributed by atoms with E-state index in [0.717, 1.165) is 25.1 Å². The van der Waals surface area contributed by atoms with Gasteiger partial charge in [0, 0.05) is 18.9 Å². The van der Waals surface area contributed by atoms with Crippen molar-refractivity contribution in [3.8, 4) is 0 Å². The van der Waals surface area contributed by atoms with Gasteiger partial charge in [0.15, 0.2) is 0 Å². The van der Waals surface area contributed by atoms with Crippen molar-refractivity contribution in [2.45, 2.75) is 32.4 Å². The summed E-state index contributed by atoms with van der Waals surface area (Å²) >= 11 is 0. The number of aryl methyl sites for hydroxylation is 1. The SMILES string of the molecule is CCCn1nncc1C(Cc1cccnc1)NC. The van der Waals surface area contributed by atoms with Gasteiger partial charge in [-0.3, -0.25) is 4.98 Å². The highest BCUT2D eigenvalue weighted by atomic mass is 15.4. The lowest BCUT2D eigenvalue weighted by Gasteiger charge is -2.16. The average Bonchev–Trinajstić information content (AvgIpc) is 2.86. The van der Waals surface area contributed by atoms with Gasteiger partial charge in [0.2, 0.25) is 0 Å². The molecule has 0 saturated carbocycles. The number of hydrogen-bond donors (Lipinski definition) is 1. The second kappa shape index (κ2) is 6.26. The highest BCUT2D eigenvalue weighted by molar-refractivity contribution is 5.14. The molecule has 0 bridgehead atoms. The summed E-state index contributed by atoms with van der Waals surface area (Å²) in [5.41, 5.74) is 2.34. The summed E-state index contributed by atoms with van der Waals surface area (Å²) in [6.07, 6.45) is 7.48. The van der Waals surface area contributed by atoms with Gasteiger partial charge >= 0.3 is 0 Å². The Morgan fingerprint density at radius 1 is 1.39 bits per heavy atom. The lowest BCUT2D eigenvalue weighted by molar-refractivity contribution is 0.490. The van der Waals surface area contributed by atoms with Crippen LogP contribution in [0.1, 0.15) is 30.6 Å². The summed E-state index contributed by atoms with van der Waals surface area (Å²) in [5, 5.41) is 11.5. The molecule has 0 aliphatic rings. The van der Waals surface area contributed by atoms with Gasteiger partial charge in [-0.2, -0.15) is 0 Å². The van der Waals surface area contributed by atoms with Gasteiger partial charge in [0.25, 0.3) is 0 Å². The van der Waals surface area contributed by atoms with E-state index in [-0.39, 0.29) is 6.04 Å². The first-order chi connectivity index (χ1) is 8.85. The molecule has 96 valence electrons. The Hall–Kier alpha value is -1.75. The summed E-state index contributed by atoms with van der Waals surface area (Å²) in [6, 6.07) is 4.27. The minimum atomic E-state index is 0.218. The molecule has 0 aliphatic heterocycles. The molecule has 0 aromatic carbocycles. The molecular formula is C13H19N5. The minimum absolute atomic E-state index is 0.218. The van der Waals surface area contributed by atoms with E-state index in [1.54, 1.807) is 6.20 Å². The third-order valence-electron chi connectivity index (χ3n) is 2.95. The molecule has 0 saturated heterocycles. The minimum Gasteiger partial charge on any atom is -0.311 e. The average molecular weight is 245 g/mol. The molecule has 2 aromatic heterocycles. The molecule has 0 radical (unpaired) electrons. The summed E-state index contributed by atoms with van der Waals surface area (Å²) in [5.74, 6) is 0. The van der Waals surface area contributed by atoms with Crippen molar-refractivity contribution >= 4 is 0 Å². The smallest absolute Gasteiger partial charge is 0.0759 e. The summed E-state index contributed by atoms with van der Waals surface area (Å²) in [4.78, 5) is 4.15. The van der Waals surface area contributed by atoms with Gasteiger partial charge in [-0.15, -0.1) is 5.10 Å². The van der Waals surface area contributed by atoms with Gasteiger partial charge in [-0.05, 0) is 31.5 Å². The van der Waals surface area contributed by atoms with E-state index in [0.29, 0.717) is 0 Å². The predicted molar refractivity (Wildman–Crippen MR) is 70.1 cm³/mol. The Balaban J connectivity index is 2.15. The van der Waals surface area contributed by atoms with E-state index in [1.807, 2.05) is 30.2 Å². The molecular weight excluding hydrogens is 226 g/mol. The summed E-state index contributed by atoms with van der Waals surface area (Å²) in [6.45, 7) is 3.04. The zero-order valence-electron chi connectivity index (χ0n) is 10.9. The van der Waals surface area contributed by atoms with Crippen LogP contribution in [0.15, 0.2) is 30.7 Å². The van der Waals surface area contributed by atoms with Gasteiger partial charge in [-0.1, -0.05) is 18.2 Å². The second-order valence-corrected chi connectivity index (χ2v) is 4.29. The number of hydrogen-bond acceptors (Lipinski definition) is 4. The Bertz CT molecular complexity index is 465. The normalized spacial score (nSPS) is 12.6. The number of rotatable bonds is 6. The first-order valence-electron chi connectivity index (χ1n) is 6.29. The van der Waals surface area contributed by atoms with E-state index < -0.39 is 0 Å². The molecule has 2 aromatic rings. The van der Waals surface area contributed by atoms with E-state index in [1.165, 1.54) is 5.56 Å². The molecule has 2 heterocycles. The Kier molecular flexibility index (Phi) is 4.41.